The quantitative estimate of drug-likeness (QED) is 0.512. The van der Waals surface area contributed by atoms with Crippen molar-refractivity contribution in [2.24, 2.45) is 11.8 Å². The molecular weight excluding hydrogens is 493 g/mol. The van der Waals surface area contributed by atoms with Gasteiger partial charge in [-0.15, -0.1) is 0 Å². The lowest BCUT2D eigenvalue weighted by molar-refractivity contribution is -0.151. The molecule has 2 aliphatic rings. The summed E-state index contributed by atoms with van der Waals surface area (Å²) in [5.41, 5.74) is -6.21. The predicted octanol–water partition coefficient (Wildman–Crippen LogP) is 5.35. The highest BCUT2D eigenvalue weighted by Crippen LogP contribution is 2.54. The van der Waals surface area contributed by atoms with Crippen LogP contribution in [-0.2, 0) is 28.1 Å². The van der Waals surface area contributed by atoms with E-state index in [0.29, 0.717) is 4.68 Å². The van der Waals surface area contributed by atoms with Gasteiger partial charge in [-0.05, 0) is 43.4 Å². The molecule has 34 heavy (non-hydrogen) atoms. The molecule has 6 nitrogen and oxygen atoms in total. The fraction of sp³-hybridized carbons (Fsp3) is 0.500. The third kappa shape index (κ3) is 4.77. The lowest BCUT2D eigenvalue weighted by Gasteiger charge is -2.14. The van der Waals surface area contributed by atoms with Crippen LogP contribution in [0.5, 0.6) is 0 Å². The van der Waals surface area contributed by atoms with Gasteiger partial charge in [-0.25, -0.2) is 13.4 Å². The fourth-order valence-electron chi connectivity index (χ4n) is 3.83. The summed E-state index contributed by atoms with van der Waals surface area (Å²) < 4.78 is 116. The molecule has 4 rings (SSSR count). The van der Waals surface area contributed by atoms with Crippen LogP contribution >= 0.6 is 0 Å². The summed E-state index contributed by atoms with van der Waals surface area (Å²) in [7, 11) is -3.21. The number of hydrogen-bond donors (Lipinski definition) is 2. The van der Waals surface area contributed by atoms with Gasteiger partial charge in [0.15, 0.2) is 5.67 Å². The molecule has 1 amide bonds. The topological polar surface area (TPSA) is 87.8 Å². The smallest absolute Gasteiger partial charge is 0.321 e. The van der Waals surface area contributed by atoms with Crippen LogP contribution in [0.25, 0.3) is 0 Å². The first-order chi connectivity index (χ1) is 15.5. The zero-order valence-corrected chi connectivity index (χ0v) is 18.4. The molecule has 0 radical (unpaired) electrons. The van der Waals surface area contributed by atoms with E-state index in [-0.39, 0.29) is 29.8 Å². The third-order valence-corrected chi connectivity index (χ3v) is 7.01. The number of nitrogens with one attached hydrogen (secondary N) is 2. The Balaban J connectivity index is 1.75. The van der Waals surface area contributed by atoms with Crippen LogP contribution in [0.3, 0.4) is 0 Å². The van der Waals surface area contributed by atoms with Gasteiger partial charge in [-0.1, -0.05) is 6.07 Å². The van der Waals surface area contributed by atoms with E-state index in [1.807, 2.05) is 0 Å². The minimum atomic E-state index is -5.20. The zero-order valence-electron chi connectivity index (χ0n) is 17.6. The number of rotatable bonds is 6. The van der Waals surface area contributed by atoms with E-state index in [0.717, 1.165) is 12.3 Å². The van der Waals surface area contributed by atoms with Gasteiger partial charge < -0.3 is 5.32 Å². The monoisotopic (exact) mass is 512 g/mol. The third-order valence-electron chi connectivity index (χ3n) is 5.86. The van der Waals surface area contributed by atoms with E-state index in [1.165, 1.54) is 18.2 Å². The van der Waals surface area contributed by atoms with E-state index < -0.39 is 69.0 Å². The van der Waals surface area contributed by atoms with Crippen LogP contribution in [0.15, 0.2) is 29.2 Å². The van der Waals surface area contributed by atoms with Crippen molar-refractivity contribution in [2.75, 3.05) is 11.6 Å². The second kappa shape index (κ2) is 7.68. The van der Waals surface area contributed by atoms with Crippen molar-refractivity contribution in [3.8, 4) is 0 Å². The maximum Gasteiger partial charge on any atom is 0.420 e. The summed E-state index contributed by atoms with van der Waals surface area (Å²) in [5, 5.41) is 5.83. The number of aromatic nitrogens is 2. The van der Waals surface area contributed by atoms with E-state index in [1.54, 1.807) is 0 Å². The van der Waals surface area contributed by atoms with Gasteiger partial charge in [0.2, 0.25) is 0 Å². The standard InChI is InChI=1S/C20H19F7N4O2S/c1-34(28,33)12-4-2-3-11(8-12)29-17(32)15-14(20(25,26)27)16(18(21)5-6-18)30-31(15)9-10-7-13(10)19(22,23)24/h2-4,8,10,13,28H,5-7,9H2,1H3,(H,29,32). The van der Waals surface area contributed by atoms with Gasteiger partial charge in [0.25, 0.3) is 5.91 Å². The SMILES string of the molecule is CS(=N)(=O)c1cccc(NC(=O)c2c(C(F)(F)F)c(C3(F)CC3)nn2CC2CC2C(F)(F)F)c1. The molecule has 186 valence electrons. The molecule has 0 aliphatic heterocycles. The highest BCUT2D eigenvalue weighted by Gasteiger charge is 2.58. The Bertz CT molecular complexity index is 1250. The maximum atomic E-state index is 14.8. The molecule has 1 aromatic carbocycles. The summed E-state index contributed by atoms with van der Waals surface area (Å²) in [6.07, 6.45) is -9.47. The minimum absolute atomic E-state index is 0.00207. The van der Waals surface area contributed by atoms with Crippen LogP contribution in [0, 0.1) is 16.6 Å². The summed E-state index contributed by atoms with van der Waals surface area (Å²) in [4.78, 5) is 13.0. The fourth-order valence-corrected chi connectivity index (χ4v) is 4.52. The molecule has 0 saturated heterocycles. The molecule has 2 N–H and O–H groups in total. The second-order valence-corrected chi connectivity index (χ2v) is 10.8. The predicted molar refractivity (Wildman–Crippen MR) is 106 cm³/mol. The molecule has 1 aromatic heterocycles. The lowest BCUT2D eigenvalue weighted by Crippen LogP contribution is -2.24. The summed E-state index contributed by atoms with van der Waals surface area (Å²) >= 11 is 0. The van der Waals surface area contributed by atoms with Crippen molar-refractivity contribution in [3.05, 3.63) is 41.2 Å². The maximum absolute atomic E-state index is 14.8. The highest BCUT2D eigenvalue weighted by atomic mass is 32.2. The number of anilines is 1. The van der Waals surface area contributed by atoms with E-state index >= 15 is 0 Å². The molecule has 2 saturated carbocycles. The lowest BCUT2D eigenvalue weighted by atomic mass is 10.1. The van der Waals surface area contributed by atoms with Crippen molar-refractivity contribution >= 4 is 21.3 Å². The van der Waals surface area contributed by atoms with Crippen molar-refractivity contribution in [1.82, 2.24) is 9.78 Å². The molecule has 1 heterocycles. The summed E-state index contributed by atoms with van der Waals surface area (Å²) in [5.74, 6) is -4.19. The number of nitrogens with zero attached hydrogens (tertiary/aromatic N) is 2. The Morgan fingerprint density at radius 3 is 2.41 bits per heavy atom. The Morgan fingerprint density at radius 2 is 1.91 bits per heavy atom. The number of benzene rings is 1. The number of halogens is 7. The van der Waals surface area contributed by atoms with Crippen molar-refractivity contribution in [3.63, 3.8) is 0 Å². The average Bonchev–Trinajstić information content (AvgIpc) is 3.58. The largest absolute Gasteiger partial charge is 0.420 e. The zero-order chi connectivity index (χ0) is 25.3. The van der Waals surface area contributed by atoms with Crippen LogP contribution in [0.1, 0.15) is 41.0 Å². The van der Waals surface area contributed by atoms with Gasteiger partial charge in [-0.2, -0.15) is 31.4 Å². The number of alkyl halides is 7. The molecule has 14 heteroatoms. The molecular formula is C20H19F7N4O2S. The minimum Gasteiger partial charge on any atom is -0.321 e. The van der Waals surface area contributed by atoms with E-state index in [2.05, 4.69) is 10.4 Å². The number of carbonyl (C=O) groups excluding carboxylic acids is 1. The first kappa shape index (κ1) is 24.5. The van der Waals surface area contributed by atoms with Crippen LogP contribution in [0.2, 0.25) is 0 Å². The number of hydrogen-bond acceptors (Lipinski definition) is 4. The highest BCUT2D eigenvalue weighted by molar-refractivity contribution is 7.91. The van der Waals surface area contributed by atoms with Gasteiger partial charge >= 0.3 is 12.4 Å². The average molecular weight is 512 g/mol. The molecule has 0 bridgehead atoms. The van der Waals surface area contributed by atoms with Gasteiger partial charge in [0.1, 0.15) is 17.0 Å². The van der Waals surface area contributed by atoms with Crippen molar-refractivity contribution in [2.45, 2.75) is 48.7 Å². The van der Waals surface area contributed by atoms with Gasteiger partial charge in [0, 0.05) is 23.4 Å². The first-order valence-corrected chi connectivity index (χ1v) is 12.1. The molecule has 2 aliphatic carbocycles. The molecule has 2 aromatic rings. The van der Waals surface area contributed by atoms with E-state index in [9.17, 15) is 39.7 Å². The van der Waals surface area contributed by atoms with Crippen LogP contribution < -0.4 is 5.32 Å². The Hall–Kier alpha value is -2.64. The number of carbonyl (C=O) groups is 1. The van der Waals surface area contributed by atoms with Gasteiger partial charge in [0.05, 0.1) is 15.6 Å². The molecule has 2 fully saturated rings. The molecule has 0 spiro atoms. The molecule has 3 atom stereocenters. The summed E-state index contributed by atoms with van der Waals surface area (Å²) in [6, 6.07) is 5.08. The van der Waals surface area contributed by atoms with Crippen LogP contribution in [0.4, 0.5) is 36.4 Å². The van der Waals surface area contributed by atoms with E-state index in [4.69, 9.17) is 4.78 Å². The molecule has 3 unspecified atom stereocenters. The second-order valence-electron chi connectivity index (χ2n) is 8.69. The Kier molecular flexibility index (Phi) is 5.53. The Labute approximate surface area is 189 Å². The normalized spacial score (nSPS) is 23.3. The Morgan fingerprint density at radius 1 is 1.26 bits per heavy atom. The summed E-state index contributed by atoms with van der Waals surface area (Å²) in [6.45, 7) is -0.637. The van der Waals surface area contributed by atoms with Crippen LogP contribution in [-0.4, -0.2) is 32.3 Å². The number of amides is 1. The van der Waals surface area contributed by atoms with Crippen molar-refractivity contribution < 1.29 is 39.7 Å². The van der Waals surface area contributed by atoms with Crippen molar-refractivity contribution in [1.29, 1.82) is 4.78 Å². The first-order valence-electron chi connectivity index (χ1n) is 10.1. The van der Waals surface area contributed by atoms with Gasteiger partial charge in [-0.3, -0.25) is 9.48 Å².